The van der Waals surface area contributed by atoms with Gasteiger partial charge in [-0.1, -0.05) is 0 Å². The molecule has 1 unspecified atom stereocenters. The average molecular weight is 333 g/mol. The first kappa shape index (κ1) is 16.2. The lowest BCUT2D eigenvalue weighted by molar-refractivity contribution is 0.267. The second-order valence-corrected chi connectivity index (χ2v) is 6.89. The van der Waals surface area contributed by atoms with Gasteiger partial charge in [-0.05, 0) is 81.1 Å². The minimum absolute atomic E-state index is 0.446. The number of hydrogen-bond donors (Lipinski definition) is 1. The first-order chi connectivity index (χ1) is 8.52. The molecule has 0 aliphatic carbocycles. The van der Waals surface area contributed by atoms with Gasteiger partial charge in [0.1, 0.15) is 0 Å². The number of unbranched alkanes of at least 4 members (excludes halogenated alkanes) is 1. The van der Waals surface area contributed by atoms with Gasteiger partial charge < -0.3 is 10.2 Å². The highest BCUT2D eigenvalue weighted by Gasteiger charge is 2.09. The average Bonchev–Trinajstić information content (AvgIpc) is 2.74. The second-order valence-electron chi connectivity index (χ2n) is 5.09. The Morgan fingerprint density at radius 3 is 2.61 bits per heavy atom. The van der Waals surface area contributed by atoms with Crippen LogP contribution in [-0.2, 0) is 0 Å². The zero-order chi connectivity index (χ0) is 13.5. The van der Waals surface area contributed by atoms with Crippen LogP contribution in [0.25, 0.3) is 0 Å². The van der Waals surface area contributed by atoms with E-state index in [4.69, 9.17) is 0 Å². The molecular formula is C14H25BrN2S. The summed E-state index contributed by atoms with van der Waals surface area (Å²) in [5, 5.41) is 5.72. The van der Waals surface area contributed by atoms with E-state index in [-0.39, 0.29) is 0 Å². The summed E-state index contributed by atoms with van der Waals surface area (Å²) in [4.78, 5) is 3.80. The number of hydrogen-bond acceptors (Lipinski definition) is 3. The number of thiophene rings is 1. The molecule has 0 amide bonds. The summed E-state index contributed by atoms with van der Waals surface area (Å²) < 4.78 is 1.23. The summed E-state index contributed by atoms with van der Waals surface area (Å²) in [5.74, 6) is 0. The number of halogens is 1. The van der Waals surface area contributed by atoms with Crippen molar-refractivity contribution in [3.8, 4) is 0 Å². The van der Waals surface area contributed by atoms with Crippen LogP contribution in [0.2, 0.25) is 0 Å². The Hall–Kier alpha value is 0.100. The van der Waals surface area contributed by atoms with E-state index in [1.54, 1.807) is 0 Å². The first-order valence-corrected chi connectivity index (χ1v) is 8.36. The Kier molecular flexibility index (Phi) is 7.46. The van der Waals surface area contributed by atoms with Gasteiger partial charge >= 0.3 is 0 Å². The molecule has 1 atom stereocenters. The van der Waals surface area contributed by atoms with Crippen molar-refractivity contribution in [1.82, 2.24) is 10.2 Å². The van der Waals surface area contributed by atoms with Gasteiger partial charge in [-0.15, -0.1) is 11.3 Å². The number of rotatable bonds is 8. The maximum absolute atomic E-state index is 3.59. The van der Waals surface area contributed by atoms with Crippen LogP contribution in [0, 0.1) is 0 Å². The van der Waals surface area contributed by atoms with Gasteiger partial charge in [-0.25, -0.2) is 0 Å². The Bertz CT molecular complexity index is 338. The summed E-state index contributed by atoms with van der Waals surface area (Å²) in [6, 6.07) is 3.22. The molecule has 0 aliphatic heterocycles. The third-order valence-electron chi connectivity index (χ3n) is 3.31. The molecule has 104 valence electrons. The van der Waals surface area contributed by atoms with Gasteiger partial charge in [0.25, 0.3) is 0 Å². The second kappa shape index (κ2) is 8.31. The molecule has 1 aromatic rings. The molecular weight excluding hydrogens is 308 g/mol. The number of nitrogens with zero attached hydrogens (tertiary/aromatic N) is 1. The van der Waals surface area contributed by atoms with E-state index < -0.39 is 0 Å². The summed E-state index contributed by atoms with van der Waals surface area (Å²) in [7, 11) is 2.20. The van der Waals surface area contributed by atoms with Crippen LogP contribution in [0.3, 0.4) is 0 Å². The molecule has 1 aromatic heterocycles. The van der Waals surface area contributed by atoms with E-state index in [9.17, 15) is 0 Å². The van der Waals surface area contributed by atoms with Crippen LogP contribution in [0.15, 0.2) is 15.9 Å². The number of nitrogens with one attached hydrogen (secondary N) is 1. The summed E-state index contributed by atoms with van der Waals surface area (Å²) in [6.45, 7) is 9.01. The predicted octanol–water partition coefficient (Wildman–Crippen LogP) is 4.28. The maximum atomic E-state index is 3.59. The van der Waals surface area contributed by atoms with Crippen molar-refractivity contribution >= 4 is 27.3 Å². The third-order valence-corrected chi connectivity index (χ3v) is 5.36. The third kappa shape index (κ3) is 5.39. The van der Waals surface area contributed by atoms with Crippen molar-refractivity contribution in [2.75, 3.05) is 20.1 Å². The van der Waals surface area contributed by atoms with Crippen LogP contribution < -0.4 is 5.32 Å². The Balaban J connectivity index is 2.13. The van der Waals surface area contributed by atoms with Crippen molar-refractivity contribution in [3.63, 3.8) is 0 Å². The van der Waals surface area contributed by atoms with Gasteiger partial charge in [0.05, 0.1) is 0 Å². The normalized spacial score (nSPS) is 13.5. The van der Waals surface area contributed by atoms with E-state index >= 15 is 0 Å². The molecule has 0 radical (unpaired) electrons. The SMILES string of the molecule is CC(NCCCCN(C)C(C)C)c1sccc1Br. The van der Waals surface area contributed by atoms with Crippen LogP contribution in [-0.4, -0.2) is 31.1 Å². The molecule has 1 heterocycles. The van der Waals surface area contributed by atoms with Crippen molar-refractivity contribution < 1.29 is 0 Å². The molecule has 0 bridgehead atoms. The van der Waals surface area contributed by atoms with Crippen molar-refractivity contribution in [1.29, 1.82) is 0 Å². The highest BCUT2D eigenvalue weighted by Crippen LogP contribution is 2.28. The van der Waals surface area contributed by atoms with E-state index in [0.717, 1.165) is 6.54 Å². The molecule has 4 heteroatoms. The van der Waals surface area contributed by atoms with Gasteiger partial charge in [-0.3, -0.25) is 0 Å². The predicted molar refractivity (Wildman–Crippen MR) is 85.4 cm³/mol. The highest BCUT2D eigenvalue weighted by atomic mass is 79.9. The van der Waals surface area contributed by atoms with Crippen LogP contribution in [0.5, 0.6) is 0 Å². The zero-order valence-corrected chi connectivity index (χ0v) is 14.3. The van der Waals surface area contributed by atoms with E-state index in [1.807, 2.05) is 11.3 Å². The minimum Gasteiger partial charge on any atom is -0.309 e. The van der Waals surface area contributed by atoms with Gasteiger partial charge in [-0.2, -0.15) is 0 Å². The molecule has 0 fully saturated rings. The highest BCUT2D eigenvalue weighted by molar-refractivity contribution is 9.10. The largest absolute Gasteiger partial charge is 0.309 e. The molecule has 0 saturated carbocycles. The zero-order valence-electron chi connectivity index (χ0n) is 11.9. The molecule has 18 heavy (non-hydrogen) atoms. The smallest absolute Gasteiger partial charge is 0.0397 e. The summed E-state index contributed by atoms with van der Waals surface area (Å²) in [5.41, 5.74) is 0. The topological polar surface area (TPSA) is 15.3 Å². The molecule has 0 spiro atoms. The molecule has 1 N–H and O–H groups in total. The van der Waals surface area contributed by atoms with Gasteiger partial charge in [0.2, 0.25) is 0 Å². The van der Waals surface area contributed by atoms with E-state index in [1.165, 1.54) is 28.7 Å². The van der Waals surface area contributed by atoms with Crippen LogP contribution >= 0.6 is 27.3 Å². The van der Waals surface area contributed by atoms with Crippen LogP contribution in [0.4, 0.5) is 0 Å². The fourth-order valence-corrected chi connectivity index (χ4v) is 3.52. The summed E-state index contributed by atoms with van der Waals surface area (Å²) in [6.07, 6.45) is 2.50. The van der Waals surface area contributed by atoms with Crippen molar-refractivity contribution in [2.45, 2.75) is 45.7 Å². The Morgan fingerprint density at radius 2 is 2.06 bits per heavy atom. The van der Waals surface area contributed by atoms with Crippen LogP contribution in [0.1, 0.15) is 44.5 Å². The fraction of sp³-hybridized carbons (Fsp3) is 0.714. The standard InChI is InChI=1S/C14H25BrN2S/c1-11(2)17(4)9-6-5-8-16-12(3)14-13(15)7-10-18-14/h7,10-12,16H,5-6,8-9H2,1-4H3. The molecule has 0 saturated heterocycles. The molecule has 0 aliphatic rings. The minimum atomic E-state index is 0.446. The molecule has 1 rings (SSSR count). The fourth-order valence-electron chi connectivity index (χ4n) is 1.77. The Labute approximate surface area is 124 Å². The quantitative estimate of drug-likeness (QED) is 0.714. The lowest BCUT2D eigenvalue weighted by Crippen LogP contribution is -2.28. The van der Waals surface area contributed by atoms with Crippen molar-refractivity contribution in [2.24, 2.45) is 0 Å². The molecule has 0 aromatic carbocycles. The molecule has 2 nitrogen and oxygen atoms in total. The van der Waals surface area contributed by atoms with E-state index in [2.05, 4.69) is 65.4 Å². The first-order valence-electron chi connectivity index (χ1n) is 6.69. The van der Waals surface area contributed by atoms with Gasteiger partial charge in [0.15, 0.2) is 0 Å². The lowest BCUT2D eigenvalue weighted by atomic mass is 10.2. The Morgan fingerprint density at radius 1 is 1.33 bits per heavy atom. The monoisotopic (exact) mass is 332 g/mol. The van der Waals surface area contributed by atoms with Crippen molar-refractivity contribution in [3.05, 3.63) is 20.8 Å². The van der Waals surface area contributed by atoms with Gasteiger partial charge in [0, 0.05) is 21.4 Å². The maximum Gasteiger partial charge on any atom is 0.0397 e. The summed E-state index contributed by atoms with van der Waals surface area (Å²) >= 11 is 5.40. The lowest BCUT2D eigenvalue weighted by Gasteiger charge is -2.21. The van der Waals surface area contributed by atoms with E-state index in [0.29, 0.717) is 12.1 Å².